The molecule has 0 unspecified atom stereocenters. The molecule has 2 N–H and O–H groups in total. The van der Waals surface area contributed by atoms with Gasteiger partial charge in [-0.15, -0.1) is 0 Å². The summed E-state index contributed by atoms with van der Waals surface area (Å²) in [5, 5.41) is 0.689. The molecule has 0 aliphatic carbocycles. The molecule has 15 heavy (non-hydrogen) atoms. The summed E-state index contributed by atoms with van der Waals surface area (Å²) in [4.78, 5) is 0. The Morgan fingerprint density at radius 2 is 2.07 bits per heavy atom. The highest BCUT2D eigenvalue weighted by Crippen LogP contribution is 2.25. The summed E-state index contributed by atoms with van der Waals surface area (Å²) in [6, 6.07) is 5.95. The zero-order chi connectivity index (χ0) is 11.1. The molecule has 84 valence electrons. The normalized spacial score (nSPS) is 10.3. The summed E-state index contributed by atoms with van der Waals surface area (Å²) in [5.74, 6) is 0.738. The van der Waals surface area contributed by atoms with Gasteiger partial charge in [0.15, 0.2) is 0 Å². The first-order valence-electron chi connectivity index (χ1n) is 5.30. The van der Waals surface area contributed by atoms with Crippen LogP contribution in [0.1, 0.15) is 24.8 Å². The van der Waals surface area contributed by atoms with Gasteiger partial charge in [0.2, 0.25) is 0 Å². The van der Waals surface area contributed by atoms with Gasteiger partial charge in [-0.3, -0.25) is 0 Å². The maximum atomic E-state index is 6.02. The Morgan fingerprint density at radius 1 is 1.27 bits per heavy atom. The van der Waals surface area contributed by atoms with E-state index in [-0.39, 0.29) is 0 Å². The number of aryl methyl sites for hydroxylation is 1. The molecule has 0 aliphatic rings. The Kier molecular flexibility index (Phi) is 5.51. The molecule has 1 rings (SSSR count). The molecule has 3 heteroatoms. The Bertz CT molecular complexity index is 302. The molecule has 0 saturated carbocycles. The Hall–Kier alpha value is -0.730. The van der Waals surface area contributed by atoms with E-state index in [9.17, 15) is 0 Å². The minimum atomic E-state index is 0.689. The van der Waals surface area contributed by atoms with Crippen molar-refractivity contribution in [1.29, 1.82) is 0 Å². The van der Waals surface area contributed by atoms with E-state index in [1.165, 1.54) is 18.4 Å². The van der Waals surface area contributed by atoms with E-state index in [0.717, 1.165) is 25.1 Å². The number of rotatable bonds is 6. The molecule has 0 amide bonds. The van der Waals surface area contributed by atoms with Crippen molar-refractivity contribution in [2.45, 2.75) is 25.7 Å². The van der Waals surface area contributed by atoms with Gasteiger partial charge in [-0.05, 0) is 43.5 Å². The number of methoxy groups -OCH3 is 1. The van der Waals surface area contributed by atoms with Crippen molar-refractivity contribution in [3.05, 3.63) is 28.8 Å². The van der Waals surface area contributed by atoms with Crippen LogP contribution in [0.2, 0.25) is 5.02 Å². The SMILES string of the molecule is COc1ccc(CCCCCN)cc1Cl. The fourth-order valence-electron chi connectivity index (χ4n) is 1.52. The Morgan fingerprint density at radius 3 is 2.67 bits per heavy atom. The van der Waals surface area contributed by atoms with Gasteiger partial charge in [-0.1, -0.05) is 24.1 Å². The third-order valence-electron chi connectivity index (χ3n) is 2.39. The molecule has 0 saturated heterocycles. The van der Waals surface area contributed by atoms with Gasteiger partial charge in [-0.25, -0.2) is 0 Å². The fourth-order valence-corrected chi connectivity index (χ4v) is 1.80. The van der Waals surface area contributed by atoms with Crippen LogP contribution in [-0.2, 0) is 6.42 Å². The second-order valence-electron chi connectivity index (χ2n) is 3.57. The summed E-state index contributed by atoms with van der Waals surface area (Å²) in [7, 11) is 1.63. The molecule has 0 aromatic heterocycles. The van der Waals surface area contributed by atoms with Crippen LogP contribution in [0.3, 0.4) is 0 Å². The summed E-state index contributed by atoms with van der Waals surface area (Å²) in [5.41, 5.74) is 6.69. The molecule has 0 bridgehead atoms. The van der Waals surface area contributed by atoms with Gasteiger partial charge >= 0.3 is 0 Å². The molecule has 0 spiro atoms. The highest BCUT2D eigenvalue weighted by Gasteiger charge is 2.01. The highest BCUT2D eigenvalue weighted by atomic mass is 35.5. The van der Waals surface area contributed by atoms with E-state index < -0.39 is 0 Å². The van der Waals surface area contributed by atoms with Crippen molar-refractivity contribution in [2.24, 2.45) is 5.73 Å². The Labute approximate surface area is 96.4 Å². The van der Waals surface area contributed by atoms with Crippen LogP contribution in [0.15, 0.2) is 18.2 Å². The summed E-state index contributed by atoms with van der Waals surface area (Å²) in [6.07, 6.45) is 4.51. The minimum Gasteiger partial charge on any atom is -0.495 e. The van der Waals surface area contributed by atoms with Crippen LogP contribution in [-0.4, -0.2) is 13.7 Å². The first-order chi connectivity index (χ1) is 7.27. The molecular weight excluding hydrogens is 210 g/mol. The van der Waals surface area contributed by atoms with Gasteiger partial charge in [0.1, 0.15) is 5.75 Å². The molecule has 2 nitrogen and oxygen atoms in total. The third-order valence-corrected chi connectivity index (χ3v) is 2.68. The van der Waals surface area contributed by atoms with Gasteiger partial charge in [0.05, 0.1) is 12.1 Å². The smallest absolute Gasteiger partial charge is 0.137 e. The number of benzene rings is 1. The zero-order valence-corrected chi connectivity index (χ0v) is 9.89. The van der Waals surface area contributed by atoms with Crippen molar-refractivity contribution in [3.63, 3.8) is 0 Å². The number of hydrogen-bond acceptors (Lipinski definition) is 2. The van der Waals surface area contributed by atoms with Crippen molar-refractivity contribution in [3.8, 4) is 5.75 Å². The van der Waals surface area contributed by atoms with Crippen LogP contribution < -0.4 is 10.5 Å². The second-order valence-corrected chi connectivity index (χ2v) is 3.98. The van der Waals surface area contributed by atoms with E-state index in [4.69, 9.17) is 22.1 Å². The van der Waals surface area contributed by atoms with Gasteiger partial charge in [0, 0.05) is 0 Å². The average molecular weight is 228 g/mol. The Balaban J connectivity index is 2.45. The summed E-state index contributed by atoms with van der Waals surface area (Å²) in [6.45, 7) is 0.781. The van der Waals surface area contributed by atoms with E-state index in [0.29, 0.717) is 5.02 Å². The lowest BCUT2D eigenvalue weighted by molar-refractivity contribution is 0.415. The first-order valence-corrected chi connectivity index (χ1v) is 5.68. The molecular formula is C12H18ClNO. The predicted octanol–water partition coefficient (Wildman–Crippen LogP) is 3.02. The highest BCUT2D eigenvalue weighted by molar-refractivity contribution is 6.32. The van der Waals surface area contributed by atoms with Crippen molar-refractivity contribution >= 4 is 11.6 Å². The van der Waals surface area contributed by atoms with Gasteiger partial charge in [-0.2, -0.15) is 0 Å². The number of ether oxygens (including phenoxy) is 1. The molecule has 0 fully saturated rings. The average Bonchev–Trinajstić information content (AvgIpc) is 2.25. The maximum Gasteiger partial charge on any atom is 0.137 e. The molecule has 1 aromatic rings. The monoisotopic (exact) mass is 227 g/mol. The van der Waals surface area contributed by atoms with Gasteiger partial charge in [0.25, 0.3) is 0 Å². The standard InChI is InChI=1S/C12H18ClNO/c1-15-12-7-6-10(9-11(12)13)5-3-2-4-8-14/h6-7,9H,2-5,8,14H2,1H3. The largest absolute Gasteiger partial charge is 0.495 e. The van der Waals surface area contributed by atoms with Crippen LogP contribution in [0.4, 0.5) is 0 Å². The summed E-state index contributed by atoms with van der Waals surface area (Å²) < 4.78 is 5.09. The van der Waals surface area contributed by atoms with E-state index >= 15 is 0 Å². The number of hydrogen-bond donors (Lipinski definition) is 1. The summed E-state index contributed by atoms with van der Waals surface area (Å²) >= 11 is 6.02. The lowest BCUT2D eigenvalue weighted by Gasteiger charge is -2.05. The molecule has 0 heterocycles. The number of halogens is 1. The van der Waals surface area contributed by atoms with Crippen LogP contribution >= 0.6 is 11.6 Å². The fraction of sp³-hybridized carbons (Fsp3) is 0.500. The lowest BCUT2D eigenvalue weighted by Crippen LogP contribution is -1.98. The van der Waals surface area contributed by atoms with Crippen molar-refractivity contribution in [1.82, 2.24) is 0 Å². The topological polar surface area (TPSA) is 35.2 Å². The minimum absolute atomic E-state index is 0.689. The van der Waals surface area contributed by atoms with E-state index in [1.807, 2.05) is 12.1 Å². The molecule has 1 aromatic carbocycles. The van der Waals surface area contributed by atoms with Crippen molar-refractivity contribution in [2.75, 3.05) is 13.7 Å². The third kappa shape index (κ3) is 4.10. The predicted molar refractivity (Wildman–Crippen MR) is 64.6 cm³/mol. The number of nitrogens with two attached hydrogens (primary N) is 1. The van der Waals surface area contributed by atoms with E-state index in [2.05, 4.69) is 6.07 Å². The van der Waals surface area contributed by atoms with Crippen LogP contribution in [0, 0.1) is 0 Å². The molecule has 0 radical (unpaired) electrons. The van der Waals surface area contributed by atoms with Crippen LogP contribution in [0.5, 0.6) is 5.75 Å². The maximum absolute atomic E-state index is 6.02. The van der Waals surface area contributed by atoms with Crippen LogP contribution in [0.25, 0.3) is 0 Å². The second kappa shape index (κ2) is 6.70. The zero-order valence-electron chi connectivity index (χ0n) is 9.13. The molecule has 0 aliphatic heterocycles. The molecule has 0 atom stereocenters. The van der Waals surface area contributed by atoms with Crippen molar-refractivity contribution < 1.29 is 4.74 Å². The number of unbranched alkanes of at least 4 members (excludes halogenated alkanes) is 2. The quantitative estimate of drug-likeness (QED) is 0.759. The van der Waals surface area contributed by atoms with E-state index in [1.54, 1.807) is 7.11 Å². The van der Waals surface area contributed by atoms with Gasteiger partial charge < -0.3 is 10.5 Å². The lowest BCUT2D eigenvalue weighted by atomic mass is 10.1. The first kappa shape index (κ1) is 12.3.